The molecule has 2 unspecified atom stereocenters. The highest BCUT2D eigenvalue weighted by Crippen LogP contribution is 2.31. The zero-order valence-electron chi connectivity index (χ0n) is 11.2. The van der Waals surface area contributed by atoms with Crippen LogP contribution in [0.1, 0.15) is 19.3 Å². The average Bonchev–Trinajstić information content (AvgIpc) is 3.03. The predicted molar refractivity (Wildman–Crippen MR) is 74.9 cm³/mol. The number of hydrogen-bond acceptors (Lipinski definition) is 4. The molecule has 0 saturated heterocycles. The van der Waals surface area contributed by atoms with Crippen LogP contribution in [0, 0.1) is 11.8 Å². The van der Waals surface area contributed by atoms with Gasteiger partial charge in [-0.05, 0) is 30.7 Å². The lowest BCUT2D eigenvalue weighted by molar-refractivity contribution is 0.199. The number of aromatic nitrogens is 3. The van der Waals surface area contributed by atoms with E-state index in [1.54, 1.807) is 0 Å². The minimum Gasteiger partial charge on any atom is -0.396 e. The van der Waals surface area contributed by atoms with Crippen LogP contribution in [0.5, 0.6) is 0 Å². The summed E-state index contributed by atoms with van der Waals surface area (Å²) in [5.41, 5.74) is 2.01. The number of aliphatic hydroxyl groups is 1. The van der Waals surface area contributed by atoms with Crippen molar-refractivity contribution in [1.29, 1.82) is 0 Å². The number of hydrogen-bond donors (Lipinski definition) is 2. The van der Waals surface area contributed by atoms with Crippen molar-refractivity contribution >= 4 is 16.9 Å². The van der Waals surface area contributed by atoms with Crippen LogP contribution in [0.15, 0.2) is 18.6 Å². The molecule has 0 spiro atoms. The maximum atomic E-state index is 9.35. The topological polar surface area (TPSA) is 63.0 Å². The Morgan fingerprint density at radius 3 is 3.05 bits per heavy atom. The number of aliphatic hydroxyl groups excluding tert-OH is 1. The van der Waals surface area contributed by atoms with Crippen LogP contribution in [0.3, 0.4) is 0 Å². The molecule has 0 amide bonds. The van der Waals surface area contributed by atoms with E-state index in [0.29, 0.717) is 18.4 Å². The Kier molecular flexibility index (Phi) is 3.38. The molecule has 1 saturated carbocycles. The maximum Gasteiger partial charge on any atom is 0.154 e. The van der Waals surface area contributed by atoms with Crippen LogP contribution < -0.4 is 5.32 Å². The van der Waals surface area contributed by atoms with Crippen molar-refractivity contribution < 1.29 is 5.11 Å². The highest BCUT2D eigenvalue weighted by Gasteiger charge is 2.26. The van der Waals surface area contributed by atoms with Crippen LogP contribution in [-0.4, -0.2) is 32.8 Å². The van der Waals surface area contributed by atoms with Gasteiger partial charge in [0.05, 0.1) is 11.8 Å². The van der Waals surface area contributed by atoms with Gasteiger partial charge in [-0.15, -0.1) is 0 Å². The second-order valence-electron chi connectivity index (χ2n) is 5.40. The lowest BCUT2D eigenvalue weighted by Crippen LogP contribution is -2.21. The van der Waals surface area contributed by atoms with E-state index in [-0.39, 0.29) is 0 Å². The van der Waals surface area contributed by atoms with E-state index in [4.69, 9.17) is 0 Å². The van der Waals surface area contributed by atoms with Crippen LogP contribution in [0.25, 0.3) is 11.0 Å². The Labute approximate surface area is 112 Å². The van der Waals surface area contributed by atoms with E-state index in [2.05, 4.69) is 15.3 Å². The van der Waals surface area contributed by atoms with Crippen LogP contribution in [-0.2, 0) is 7.05 Å². The Bertz CT molecular complexity index is 566. The smallest absolute Gasteiger partial charge is 0.154 e. The normalized spacial score (nSPS) is 23.1. The van der Waals surface area contributed by atoms with Gasteiger partial charge in [-0.2, -0.15) is 0 Å². The summed E-state index contributed by atoms with van der Waals surface area (Å²) >= 11 is 0. The van der Waals surface area contributed by atoms with E-state index in [1.807, 2.05) is 30.2 Å². The van der Waals surface area contributed by atoms with E-state index >= 15 is 0 Å². The second-order valence-corrected chi connectivity index (χ2v) is 5.40. The van der Waals surface area contributed by atoms with Crippen molar-refractivity contribution in [3.05, 3.63) is 18.6 Å². The third-order valence-electron chi connectivity index (χ3n) is 4.23. The molecule has 0 bridgehead atoms. The molecule has 2 atom stereocenters. The summed E-state index contributed by atoms with van der Waals surface area (Å²) in [6.45, 7) is 1.17. The minimum absolute atomic E-state index is 0.299. The molecule has 2 N–H and O–H groups in total. The summed E-state index contributed by atoms with van der Waals surface area (Å²) in [6, 6.07) is 1.97. The Balaban J connectivity index is 1.75. The highest BCUT2D eigenvalue weighted by molar-refractivity contribution is 5.85. The largest absolute Gasteiger partial charge is 0.396 e. The number of pyridine rings is 1. The van der Waals surface area contributed by atoms with Gasteiger partial charge in [0.25, 0.3) is 0 Å². The zero-order valence-corrected chi connectivity index (χ0v) is 11.2. The van der Waals surface area contributed by atoms with Gasteiger partial charge in [0.1, 0.15) is 5.52 Å². The number of aryl methyl sites for hydroxylation is 1. The molecule has 1 aliphatic carbocycles. The van der Waals surface area contributed by atoms with Crippen molar-refractivity contribution in [2.75, 3.05) is 18.5 Å². The fourth-order valence-electron chi connectivity index (χ4n) is 3.04. The molecule has 19 heavy (non-hydrogen) atoms. The first-order valence-electron chi connectivity index (χ1n) is 6.90. The predicted octanol–water partition coefficient (Wildman–Crippen LogP) is 1.79. The van der Waals surface area contributed by atoms with Crippen LogP contribution in [0.4, 0.5) is 5.82 Å². The van der Waals surface area contributed by atoms with Gasteiger partial charge in [-0.3, -0.25) is 0 Å². The van der Waals surface area contributed by atoms with E-state index in [1.165, 1.54) is 12.8 Å². The first kappa shape index (κ1) is 12.4. The number of imidazole rings is 1. The molecule has 3 rings (SSSR count). The molecular weight excluding hydrogens is 240 g/mol. The molecular formula is C14H20N4O. The molecule has 0 aliphatic heterocycles. The summed E-state index contributed by atoms with van der Waals surface area (Å²) in [4.78, 5) is 8.77. The van der Waals surface area contributed by atoms with E-state index in [0.717, 1.165) is 29.8 Å². The number of nitrogens with one attached hydrogen (secondary N) is 1. The van der Waals surface area contributed by atoms with Gasteiger partial charge in [0, 0.05) is 26.4 Å². The second kappa shape index (κ2) is 5.17. The van der Waals surface area contributed by atoms with Crippen molar-refractivity contribution in [1.82, 2.24) is 14.5 Å². The summed E-state index contributed by atoms with van der Waals surface area (Å²) in [7, 11) is 1.98. The summed E-state index contributed by atoms with van der Waals surface area (Å²) in [5, 5.41) is 12.8. The van der Waals surface area contributed by atoms with Gasteiger partial charge < -0.3 is 15.0 Å². The van der Waals surface area contributed by atoms with Gasteiger partial charge in [0.15, 0.2) is 5.82 Å². The number of anilines is 1. The molecule has 102 valence electrons. The highest BCUT2D eigenvalue weighted by atomic mass is 16.3. The molecule has 5 nitrogen and oxygen atoms in total. The Hall–Kier alpha value is -1.62. The molecule has 2 heterocycles. The summed E-state index contributed by atoms with van der Waals surface area (Å²) in [5.74, 6) is 1.84. The van der Waals surface area contributed by atoms with Gasteiger partial charge >= 0.3 is 0 Å². The third-order valence-corrected chi connectivity index (χ3v) is 4.23. The summed E-state index contributed by atoms with van der Waals surface area (Å²) in [6.07, 6.45) is 7.17. The first-order valence-corrected chi connectivity index (χ1v) is 6.90. The number of nitrogens with zero attached hydrogens (tertiary/aromatic N) is 3. The monoisotopic (exact) mass is 260 g/mol. The van der Waals surface area contributed by atoms with E-state index < -0.39 is 0 Å². The maximum absolute atomic E-state index is 9.35. The van der Waals surface area contributed by atoms with E-state index in [9.17, 15) is 5.11 Å². The molecule has 1 fully saturated rings. The van der Waals surface area contributed by atoms with Crippen molar-refractivity contribution in [3.63, 3.8) is 0 Å². The Morgan fingerprint density at radius 1 is 1.37 bits per heavy atom. The summed E-state index contributed by atoms with van der Waals surface area (Å²) < 4.78 is 1.99. The number of fused-ring (bicyclic) bond motifs is 1. The fraction of sp³-hybridized carbons (Fsp3) is 0.571. The fourth-order valence-corrected chi connectivity index (χ4v) is 3.04. The lowest BCUT2D eigenvalue weighted by Gasteiger charge is -2.18. The van der Waals surface area contributed by atoms with Crippen molar-refractivity contribution in [2.24, 2.45) is 18.9 Å². The van der Waals surface area contributed by atoms with Crippen LogP contribution >= 0.6 is 0 Å². The van der Waals surface area contributed by atoms with Gasteiger partial charge in [-0.1, -0.05) is 6.42 Å². The SMILES string of the molecule is Cn1cnc2c(NCC3CCCC3CO)nccc21. The third kappa shape index (κ3) is 2.30. The van der Waals surface area contributed by atoms with Gasteiger partial charge in [0.2, 0.25) is 0 Å². The van der Waals surface area contributed by atoms with Crippen molar-refractivity contribution in [2.45, 2.75) is 19.3 Å². The molecule has 2 aromatic rings. The molecule has 2 aromatic heterocycles. The lowest BCUT2D eigenvalue weighted by atomic mass is 9.97. The van der Waals surface area contributed by atoms with Crippen molar-refractivity contribution in [3.8, 4) is 0 Å². The van der Waals surface area contributed by atoms with Crippen LogP contribution in [0.2, 0.25) is 0 Å². The first-order chi connectivity index (χ1) is 9.29. The molecule has 1 aliphatic rings. The molecule has 5 heteroatoms. The Morgan fingerprint density at radius 2 is 2.21 bits per heavy atom. The number of rotatable bonds is 4. The minimum atomic E-state index is 0.299. The quantitative estimate of drug-likeness (QED) is 0.879. The average molecular weight is 260 g/mol. The zero-order chi connectivity index (χ0) is 13.2. The molecule has 0 radical (unpaired) electrons. The van der Waals surface area contributed by atoms with Gasteiger partial charge in [-0.25, -0.2) is 9.97 Å². The standard InChI is InChI=1S/C14H20N4O/c1-18-9-17-13-12(18)5-6-15-14(13)16-7-10-3-2-4-11(10)8-19/h5-6,9-11,19H,2-4,7-8H2,1H3,(H,15,16). The molecule has 0 aromatic carbocycles.